The summed E-state index contributed by atoms with van der Waals surface area (Å²) in [5, 5.41) is 9.19. The van der Waals surface area contributed by atoms with Crippen molar-refractivity contribution in [2.45, 2.75) is 57.3 Å². The van der Waals surface area contributed by atoms with Gasteiger partial charge in [0, 0.05) is 5.41 Å². The highest BCUT2D eigenvalue weighted by atomic mass is 16.4. The van der Waals surface area contributed by atoms with Gasteiger partial charge >= 0.3 is 5.97 Å². The van der Waals surface area contributed by atoms with Crippen LogP contribution in [0.25, 0.3) is 0 Å². The van der Waals surface area contributed by atoms with Crippen molar-refractivity contribution in [3.63, 3.8) is 0 Å². The van der Waals surface area contributed by atoms with E-state index in [0.717, 1.165) is 32.1 Å². The molecule has 2 nitrogen and oxygen atoms in total. The zero-order valence-electron chi connectivity index (χ0n) is 11.1. The van der Waals surface area contributed by atoms with Gasteiger partial charge in [-0.3, -0.25) is 4.79 Å². The molecule has 0 amide bonds. The average Bonchev–Trinajstić information content (AvgIpc) is 2.39. The highest BCUT2D eigenvalue weighted by molar-refractivity contribution is 5.69. The van der Waals surface area contributed by atoms with E-state index in [0.29, 0.717) is 0 Å². The first-order chi connectivity index (χ1) is 8.66. The summed E-state index contributed by atoms with van der Waals surface area (Å²) in [6, 6.07) is 8.58. The normalized spacial score (nSPS) is 18.5. The Hall–Kier alpha value is -1.31. The number of carbonyl (C=O) groups is 1. The summed E-state index contributed by atoms with van der Waals surface area (Å²) in [6.07, 6.45) is 6.90. The van der Waals surface area contributed by atoms with Crippen LogP contribution in [-0.2, 0) is 16.6 Å². The summed E-state index contributed by atoms with van der Waals surface area (Å²) >= 11 is 0. The lowest BCUT2D eigenvalue weighted by Gasteiger charge is -2.36. The maximum Gasteiger partial charge on any atom is 0.304 e. The third kappa shape index (κ3) is 2.74. The predicted molar refractivity (Wildman–Crippen MR) is 72.8 cm³/mol. The standard InChI is InChI=1S/C16H22O2/c1-2-13-6-8-14(9-7-13)16(12-15(17)18)10-4-3-5-11-16/h6-9H,2-5,10-12H2,1H3,(H,17,18). The maximum atomic E-state index is 11.2. The number of aliphatic carboxylic acids is 1. The Morgan fingerprint density at radius 3 is 2.28 bits per heavy atom. The summed E-state index contributed by atoms with van der Waals surface area (Å²) in [6.45, 7) is 2.14. The predicted octanol–water partition coefficient (Wildman–Crippen LogP) is 3.93. The zero-order valence-corrected chi connectivity index (χ0v) is 11.1. The van der Waals surface area contributed by atoms with E-state index in [1.165, 1.54) is 17.5 Å². The second-order valence-corrected chi connectivity index (χ2v) is 5.46. The summed E-state index contributed by atoms with van der Waals surface area (Å²) < 4.78 is 0. The Morgan fingerprint density at radius 1 is 1.17 bits per heavy atom. The van der Waals surface area contributed by atoms with Crippen LogP contribution in [0, 0.1) is 0 Å². The fraction of sp³-hybridized carbons (Fsp3) is 0.562. The van der Waals surface area contributed by atoms with Crippen molar-refractivity contribution in [2.75, 3.05) is 0 Å². The molecule has 18 heavy (non-hydrogen) atoms. The summed E-state index contributed by atoms with van der Waals surface area (Å²) in [5.41, 5.74) is 2.43. The van der Waals surface area contributed by atoms with Crippen LogP contribution in [0.1, 0.15) is 56.6 Å². The Labute approximate surface area is 109 Å². The van der Waals surface area contributed by atoms with Gasteiger partial charge in [-0.15, -0.1) is 0 Å². The molecule has 0 unspecified atom stereocenters. The third-order valence-corrected chi connectivity index (χ3v) is 4.27. The summed E-state index contributed by atoms with van der Waals surface area (Å²) in [5.74, 6) is -0.670. The third-order valence-electron chi connectivity index (χ3n) is 4.27. The van der Waals surface area contributed by atoms with E-state index in [1.54, 1.807) is 0 Å². The van der Waals surface area contributed by atoms with E-state index in [9.17, 15) is 9.90 Å². The quantitative estimate of drug-likeness (QED) is 0.874. The average molecular weight is 246 g/mol. The highest BCUT2D eigenvalue weighted by Gasteiger charge is 2.35. The van der Waals surface area contributed by atoms with Crippen molar-refractivity contribution < 1.29 is 9.90 Å². The smallest absolute Gasteiger partial charge is 0.304 e. The molecule has 1 N–H and O–H groups in total. The largest absolute Gasteiger partial charge is 0.481 e. The second kappa shape index (κ2) is 5.55. The molecule has 0 saturated heterocycles. The molecule has 0 radical (unpaired) electrons. The molecule has 1 aromatic carbocycles. The molecule has 0 aromatic heterocycles. The van der Waals surface area contributed by atoms with Crippen molar-refractivity contribution >= 4 is 5.97 Å². The van der Waals surface area contributed by atoms with Gasteiger partial charge in [-0.1, -0.05) is 50.5 Å². The number of benzene rings is 1. The number of carboxylic acids is 1. The van der Waals surface area contributed by atoms with E-state index in [-0.39, 0.29) is 11.8 Å². The van der Waals surface area contributed by atoms with Gasteiger partial charge in [0.1, 0.15) is 0 Å². The van der Waals surface area contributed by atoms with Crippen molar-refractivity contribution in [3.8, 4) is 0 Å². The second-order valence-electron chi connectivity index (χ2n) is 5.46. The van der Waals surface area contributed by atoms with Gasteiger partial charge in [0.15, 0.2) is 0 Å². The topological polar surface area (TPSA) is 37.3 Å². The Balaban J connectivity index is 2.29. The van der Waals surface area contributed by atoms with Crippen molar-refractivity contribution in [3.05, 3.63) is 35.4 Å². The van der Waals surface area contributed by atoms with Gasteiger partial charge in [-0.05, 0) is 30.4 Å². The van der Waals surface area contributed by atoms with Crippen LogP contribution in [0.5, 0.6) is 0 Å². The minimum atomic E-state index is -0.670. The number of rotatable bonds is 4. The van der Waals surface area contributed by atoms with Crippen molar-refractivity contribution in [2.24, 2.45) is 0 Å². The lowest BCUT2D eigenvalue weighted by atomic mass is 9.67. The first kappa shape index (κ1) is 13.1. The van der Waals surface area contributed by atoms with E-state index in [1.807, 2.05) is 0 Å². The van der Waals surface area contributed by atoms with Crippen molar-refractivity contribution in [1.29, 1.82) is 0 Å². The lowest BCUT2D eigenvalue weighted by molar-refractivity contribution is -0.138. The fourth-order valence-electron chi connectivity index (χ4n) is 3.18. The highest BCUT2D eigenvalue weighted by Crippen LogP contribution is 2.42. The van der Waals surface area contributed by atoms with Crippen molar-refractivity contribution in [1.82, 2.24) is 0 Å². The molecule has 0 heterocycles. The van der Waals surface area contributed by atoms with Crippen LogP contribution in [0.15, 0.2) is 24.3 Å². The van der Waals surface area contributed by atoms with Crippen LogP contribution < -0.4 is 0 Å². The first-order valence-electron chi connectivity index (χ1n) is 6.97. The molecule has 1 aliphatic rings. The van der Waals surface area contributed by atoms with Gasteiger partial charge < -0.3 is 5.11 Å². The van der Waals surface area contributed by atoms with Gasteiger partial charge in [0.05, 0.1) is 6.42 Å². The number of carboxylic acid groups (broad SMARTS) is 1. The molecule has 1 aromatic rings. The molecule has 1 saturated carbocycles. The zero-order chi connectivity index (χ0) is 13.0. The Morgan fingerprint density at radius 2 is 1.78 bits per heavy atom. The molecule has 1 fully saturated rings. The van der Waals surface area contributed by atoms with Crippen LogP contribution in [-0.4, -0.2) is 11.1 Å². The summed E-state index contributed by atoms with van der Waals surface area (Å²) in [7, 11) is 0. The molecule has 0 bridgehead atoms. The van der Waals surface area contributed by atoms with Gasteiger partial charge in [0.2, 0.25) is 0 Å². The molecule has 2 heteroatoms. The van der Waals surface area contributed by atoms with E-state index in [2.05, 4.69) is 31.2 Å². The molecular formula is C16H22O2. The monoisotopic (exact) mass is 246 g/mol. The first-order valence-corrected chi connectivity index (χ1v) is 6.97. The van der Waals surface area contributed by atoms with E-state index in [4.69, 9.17) is 0 Å². The fourth-order valence-corrected chi connectivity index (χ4v) is 3.18. The molecule has 0 atom stereocenters. The minimum absolute atomic E-state index is 0.115. The molecule has 0 spiro atoms. The van der Waals surface area contributed by atoms with E-state index >= 15 is 0 Å². The van der Waals surface area contributed by atoms with Crippen LogP contribution in [0.2, 0.25) is 0 Å². The lowest BCUT2D eigenvalue weighted by Crippen LogP contribution is -2.31. The SMILES string of the molecule is CCc1ccc(C2(CC(=O)O)CCCCC2)cc1. The molecule has 1 aliphatic carbocycles. The van der Waals surface area contributed by atoms with Crippen LogP contribution in [0.3, 0.4) is 0 Å². The number of hydrogen-bond donors (Lipinski definition) is 1. The molecule has 2 rings (SSSR count). The molecule has 0 aliphatic heterocycles. The molecular weight excluding hydrogens is 224 g/mol. The Bertz CT molecular complexity index is 400. The minimum Gasteiger partial charge on any atom is -0.481 e. The maximum absolute atomic E-state index is 11.2. The number of aryl methyl sites for hydroxylation is 1. The molecule has 98 valence electrons. The van der Waals surface area contributed by atoms with Gasteiger partial charge in [-0.25, -0.2) is 0 Å². The van der Waals surface area contributed by atoms with Gasteiger partial charge in [0.25, 0.3) is 0 Å². The summed E-state index contributed by atoms with van der Waals surface area (Å²) in [4.78, 5) is 11.2. The van der Waals surface area contributed by atoms with Crippen LogP contribution in [0.4, 0.5) is 0 Å². The number of hydrogen-bond acceptors (Lipinski definition) is 1. The van der Waals surface area contributed by atoms with Gasteiger partial charge in [-0.2, -0.15) is 0 Å². The van der Waals surface area contributed by atoms with Crippen LogP contribution >= 0.6 is 0 Å². The van der Waals surface area contributed by atoms with E-state index < -0.39 is 5.97 Å². The Kier molecular flexibility index (Phi) is 4.05.